The van der Waals surface area contributed by atoms with E-state index < -0.39 is 0 Å². The first-order chi connectivity index (χ1) is 11.2. The van der Waals surface area contributed by atoms with E-state index in [9.17, 15) is 4.79 Å². The summed E-state index contributed by atoms with van der Waals surface area (Å²) in [4.78, 5) is 12.8. The van der Waals surface area contributed by atoms with Crippen LogP contribution in [-0.2, 0) is 0 Å². The average Bonchev–Trinajstić information content (AvgIpc) is 2.59. The average molecular weight is 306 g/mol. The van der Waals surface area contributed by atoms with E-state index in [-0.39, 0.29) is 5.43 Å². The molecule has 3 aromatic carbocycles. The number of methoxy groups -OCH3 is 2. The van der Waals surface area contributed by atoms with E-state index in [4.69, 9.17) is 13.9 Å². The molecule has 0 bridgehead atoms. The maximum Gasteiger partial charge on any atom is 0.200 e. The molecule has 114 valence electrons. The predicted octanol–water partition coefficient (Wildman–Crippen LogP) is 4.12. The second-order valence-electron chi connectivity index (χ2n) is 5.29. The maximum atomic E-state index is 12.8. The number of ether oxygens (including phenoxy) is 2. The van der Waals surface area contributed by atoms with Crippen LogP contribution in [0.3, 0.4) is 0 Å². The summed E-state index contributed by atoms with van der Waals surface area (Å²) in [5, 5.41) is 2.77. The highest BCUT2D eigenvalue weighted by atomic mass is 16.5. The summed E-state index contributed by atoms with van der Waals surface area (Å²) in [7, 11) is 3.22. The fraction of sp³-hybridized carbons (Fsp3) is 0.105. The van der Waals surface area contributed by atoms with Crippen molar-refractivity contribution in [2.45, 2.75) is 0 Å². The summed E-state index contributed by atoms with van der Waals surface area (Å²) < 4.78 is 16.7. The smallest absolute Gasteiger partial charge is 0.200 e. The normalized spacial score (nSPS) is 11.2. The zero-order chi connectivity index (χ0) is 16.0. The molecule has 0 aliphatic carbocycles. The molecule has 4 heteroatoms. The van der Waals surface area contributed by atoms with Gasteiger partial charge in [-0.3, -0.25) is 4.79 Å². The highest BCUT2D eigenvalue weighted by Gasteiger charge is 2.13. The zero-order valence-electron chi connectivity index (χ0n) is 12.8. The topological polar surface area (TPSA) is 48.7 Å². The Morgan fingerprint density at radius 3 is 2.09 bits per heavy atom. The number of rotatable bonds is 2. The van der Waals surface area contributed by atoms with Gasteiger partial charge in [0.2, 0.25) is 5.43 Å². The van der Waals surface area contributed by atoms with Gasteiger partial charge in [0.15, 0.2) is 0 Å². The van der Waals surface area contributed by atoms with Crippen LogP contribution in [0.5, 0.6) is 11.5 Å². The van der Waals surface area contributed by atoms with Crippen LogP contribution in [0.25, 0.3) is 32.7 Å². The molecule has 0 saturated carbocycles. The van der Waals surface area contributed by atoms with Gasteiger partial charge < -0.3 is 13.9 Å². The van der Waals surface area contributed by atoms with Crippen LogP contribution in [0.1, 0.15) is 0 Å². The third-order valence-corrected chi connectivity index (χ3v) is 4.07. The number of hydrogen-bond donors (Lipinski definition) is 0. The standard InChI is InChI=1S/C19H14O4/c1-21-15-7-8-16(22-2)13-10-18-14(9-12(13)15)19(20)11-5-3-4-6-17(11)23-18/h3-10H,1-2H3. The number of benzene rings is 3. The summed E-state index contributed by atoms with van der Waals surface area (Å²) in [6, 6.07) is 14.6. The van der Waals surface area contributed by atoms with Gasteiger partial charge in [-0.25, -0.2) is 0 Å². The monoisotopic (exact) mass is 306 g/mol. The Kier molecular flexibility index (Phi) is 2.98. The van der Waals surface area contributed by atoms with Gasteiger partial charge in [0.05, 0.1) is 25.0 Å². The summed E-state index contributed by atoms with van der Waals surface area (Å²) in [6.45, 7) is 0. The minimum atomic E-state index is -0.0476. The van der Waals surface area contributed by atoms with Crippen LogP contribution in [-0.4, -0.2) is 14.2 Å². The van der Waals surface area contributed by atoms with Crippen LogP contribution < -0.4 is 14.9 Å². The highest BCUT2D eigenvalue weighted by molar-refractivity contribution is 6.03. The maximum absolute atomic E-state index is 12.8. The lowest BCUT2D eigenvalue weighted by Gasteiger charge is -2.11. The molecule has 0 aliphatic rings. The van der Waals surface area contributed by atoms with Gasteiger partial charge in [0.25, 0.3) is 0 Å². The Hall–Kier alpha value is -3.01. The molecule has 0 radical (unpaired) electrons. The number of para-hydroxylation sites is 1. The second-order valence-corrected chi connectivity index (χ2v) is 5.29. The van der Waals surface area contributed by atoms with Gasteiger partial charge in [-0.1, -0.05) is 12.1 Å². The van der Waals surface area contributed by atoms with E-state index in [0.29, 0.717) is 33.4 Å². The predicted molar refractivity (Wildman–Crippen MR) is 90.6 cm³/mol. The van der Waals surface area contributed by atoms with Crippen LogP contribution >= 0.6 is 0 Å². The van der Waals surface area contributed by atoms with Crippen LogP contribution in [0, 0.1) is 0 Å². The molecule has 4 rings (SSSR count). The molecule has 0 amide bonds. The van der Waals surface area contributed by atoms with Crippen molar-refractivity contribution in [3.63, 3.8) is 0 Å². The molecule has 4 nitrogen and oxygen atoms in total. The van der Waals surface area contributed by atoms with Crippen molar-refractivity contribution in [3.8, 4) is 11.5 Å². The first kappa shape index (κ1) is 13.6. The summed E-state index contributed by atoms with van der Waals surface area (Å²) in [5.41, 5.74) is 1.06. The van der Waals surface area contributed by atoms with E-state index >= 15 is 0 Å². The Balaban J connectivity index is 2.23. The quantitative estimate of drug-likeness (QED) is 0.523. The molecule has 0 fully saturated rings. The van der Waals surface area contributed by atoms with Crippen molar-refractivity contribution in [2.75, 3.05) is 14.2 Å². The largest absolute Gasteiger partial charge is 0.496 e. The third kappa shape index (κ3) is 1.95. The molecule has 0 spiro atoms. The Morgan fingerprint density at radius 2 is 1.39 bits per heavy atom. The lowest BCUT2D eigenvalue weighted by molar-refractivity contribution is 0.410. The van der Waals surface area contributed by atoms with E-state index in [1.54, 1.807) is 26.4 Å². The molecular weight excluding hydrogens is 292 g/mol. The van der Waals surface area contributed by atoms with Gasteiger partial charge >= 0.3 is 0 Å². The van der Waals surface area contributed by atoms with Gasteiger partial charge in [-0.15, -0.1) is 0 Å². The third-order valence-electron chi connectivity index (χ3n) is 4.07. The van der Waals surface area contributed by atoms with E-state index in [0.717, 1.165) is 10.8 Å². The lowest BCUT2D eigenvalue weighted by Crippen LogP contribution is -2.02. The molecule has 0 aliphatic heterocycles. The van der Waals surface area contributed by atoms with Crippen molar-refractivity contribution in [3.05, 3.63) is 58.8 Å². The first-order valence-corrected chi connectivity index (χ1v) is 7.23. The molecule has 0 N–H and O–H groups in total. The fourth-order valence-corrected chi connectivity index (χ4v) is 2.94. The molecule has 0 saturated heterocycles. The summed E-state index contributed by atoms with van der Waals surface area (Å²) >= 11 is 0. The molecule has 1 heterocycles. The number of hydrogen-bond acceptors (Lipinski definition) is 4. The fourth-order valence-electron chi connectivity index (χ4n) is 2.94. The van der Waals surface area contributed by atoms with Crippen LogP contribution in [0.2, 0.25) is 0 Å². The SMILES string of the molecule is COc1ccc(OC)c2cc3c(=O)c4ccccc4oc3cc12. The lowest BCUT2D eigenvalue weighted by atomic mass is 10.0. The summed E-state index contributed by atoms with van der Waals surface area (Å²) in [6.07, 6.45) is 0. The minimum Gasteiger partial charge on any atom is -0.496 e. The molecule has 0 atom stereocenters. The first-order valence-electron chi connectivity index (χ1n) is 7.23. The van der Waals surface area contributed by atoms with Crippen molar-refractivity contribution in [2.24, 2.45) is 0 Å². The van der Waals surface area contributed by atoms with Gasteiger partial charge in [0.1, 0.15) is 22.7 Å². The summed E-state index contributed by atoms with van der Waals surface area (Å²) in [5.74, 6) is 1.40. The number of fused-ring (bicyclic) bond motifs is 3. The highest BCUT2D eigenvalue weighted by Crippen LogP contribution is 2.35. The van der Waals surface area contributed by atoms with Crippen molar-refractivity contribution in [1.29, 1.82) is 0 Å². The van der Waals surface area contributed by atoms with E-state index in [2.05, 4.69) is 0 Å². The molecule has 0 unspecified atom stereocenters. The van der Waals surface area contributed by atoms with Crippen molar-refractivity contribution in [1.82, 2.24) is 0 Å². The van der Waals surface area contributed by atoms with E-state index in [1.165, 1.54) is 0 Å². The Morgan fingerprint density at radius 1 is 0.739 bits per heavy atom. The molecule has 23 heavy (non-hydrogen) atoms. The Bertz CT molecular complexity index is 1110. The van der Waals surface area contributed by atoms with Gasteiger partial charge in [-0.2, -0.15) is 0 Å². The van der Waals surface area contributed by atoms with Gasteiger partial charge in [0, 0.05) is 10.8 Å². The molecular formula is C19H14O4. The molecule has 1 aromatic heterocycles. The minimum absolute atomic E-state index is 0.0476. The van der Waals surface area contributed by atoms with Gasteiger partial charge in [-0.05, 0) is 36.4 Å². The zero-order valence-corrected chi connectivity index (χ0v) is 12.8. The second kappa shape index (κ2) is 5.02. The van der Waals surface area contributed by atoms with Crippen molar-refractivity contribution < 1.29 is 13.9 Å². The molecule has 4 aromatic rings. The Labute approximate surface area is 131 Å². The van der Waals surface area contributed by atoms with Crippen LogP contribution in [0.4, 0.5) is 0 Å². The van der Waals surface area contributed by atoms with Crippen LogP contribution in [0.15, 0.2) is 57.7 Å². The van der Waals surface area contributed by atoms with Crippen molar-refractivity contribution >= 4 is 32.7 Å². The van der Waals surface area contributed by atoms with E-state index in [1.807, 2.05) is 36.4 Å².